The second-order valence-corrected chi connectivity index (χ2v) is 14.9. The Morgan fingerprint density at radius 2 is 0.946 bits per heavy atom. The molecule has 12 rings (SSSR count). The molecule has 0 aliphatic heterocycles. The van der Waals surface area contributed by atoms with Crippen LogP contribution in [0.15, 0.2) is 206 Å². The van der Waals surface area contributed by atoms with Gasteiger partial charge in [0, 0.05) is 33.5 Å². The van der Waals surface area contributed by atoms with Crippen LogP contribution in [0.3, 0.4) is 0 Å². The molecule has 2 nitrogen and oxygen atoms in total. The lowest BCUT2D eigenvalue weighted by atomic mass is 9.97. The van der Waals surface area contributed by atoms with E-state index in [1.54, 1.807) is 0 Å². The van der Waals surface area contributed by atoms with Crippen LogP contribution >= 0.6 is 0 Å². The highest BCUT2D eigenvalue weighted by molar-refractivity contribution is 6.17. The number of benzene rings is 10. The van der Waals surface area contributed by atoms with Crippen molar-refractivity contribution in [3.63, 3.8) is 0 Å². The number of aromatic nitrogens is 1. The van der Waals surface area contributed by atoms with Gasteiger partial charge in [0.2, 0.25) is 0 Å². The van der Waals surface area contributed by atoms with Crippen LogP contribution in [-0.2, 0) is 0 Å². The molecular formula is C54H34N2. The Kier molecular flexibility index (Phi) is 6.66. The average Bonchev–Trinajstić information content (AvgIpc) is 3.77. The highest BCUT2D eigenvalue weighted by Crippen LogP contribution is 2.50. The molecule has 1 aromatic heterocycles. The molecule has 1 aliphatic rings. The minimum atomic E-state index is 1.11. The molecule has 260 valence electrons. The van der Waals surface area contributed by atoms with E-state index in [1.807, 2.05) is 0 Å². The van der Waals surface area contributed by atoms with E-state index in [0.717, 1.165) is 22.7 Å². The van der Waals surface area contributed by atoms with Crippen LogP contribution in [0.25, 0.3) is 93.2 Å². The van der Waals surface area contributed by atoms with Crippen LogP contribution < -0.4 is 4.90 Å². The van der Waals surface area contributed by atoms with Crippen molar-refractivity contribution in [2.24, 2.45) is 0 Å². The number of anilines is 3. The molecule has 0 spiro atoms. The van der Waals surface area contributed by atoms with Crippen LogP contribution in [0, 0.1) is 0 Å². The number of nitrogens with zero attached hydrogens (tertiary/aromatic N) is 2. The molecule has 11 aromatic rings. The Morgan fingerprint density at radius 3 is 1.86 bits per heavy atom. The van der Waals surface area contributed by atoms with Crippen LogP contribution in [0.1, 0.15) is 0 Å². The van der Waals surface area contributed by atoms with Gasteiger partial charge in [0.15, 0.2) is 0 Å². The normalized spacial score (nSPS) is 11.9. The van der Waals surface area contributed by atoms with Crippen LogP contribution in [0.2, 0.25) is 0 Å². The fourth-order valence-corrected chi connectivity index (χ4v) is 9.35. The Balaban J connectivity index is 1.09. The maximum atomic E-state index is 2.45. The molecule has 0 N–H and O–H groups in total. The number of rotatable bonds is 5. The maximum absolute atomic E-state index is 2.45. The van der Waals surface area contributed by atoms with E-state index >= 15 is 0 Å². The minimum absolute atomic E-state index is 1.11. The second kappa shape index (κ2) is 12.0. The van der Waals surface area contributed by atoms with Gasteiger partial charge < -0.3 is 9.47 Å². The fraction of sp³-hybridized carbons (Fsp3) is 0. The monoisotopic (exact) mass is 710 g/mol. The lowest BCUT2D eigenvalue weighted by Gasteiger charge is -2.27. The van der Waals surface area contributed by atoms with E-state index in [9.17, 15) is 0 Å². The van der Waals surface area contributed by atoms with E-state index < -0.39 is 0 Å². The number of fused-ring (bicyclic) bond motifs is 9. The standard InChI is InChI=1S/C54H34N2/c1-2-15-40(16-3-1)56-52-23-9-8-21-48(52)49-29-27-42(34-53(49)56)55(43-32-39-14-11-22-50-46-19-6-7-20-47(46)51(33-43)54(39)50)41-17-10-13-36(31-41)37-26-28-45-38(30-37)25-24-35-12-4-5-18-44(35)45/h1-34H. The smallest absolute Gasteiger partial charge is 0.0561 e. The van der Waals surface area contributed by atoms with Gasteiger partial charge in [0.25, 0.3) is 0 Å². The SMILES string of the molecule is c1ccc(-n2c3ccccc3c3ccc(N(c4cccc(-c5ccc6c(ccc7ccccc76)c5)c4)c4cc5c6c(cccc6c4)-c4ccccc4-5)cc32)cc1. The van der Waals surface area contributed by atoms with Gasteiger partial charge in [0.1, 0.15) is 0 Å². The summed E-state index contributed by atoms with van der Waals surface area (Å²) in [6.45, 7) is 0. The summed E-state index contributed by atoms with van der Waals surface area (Å²) in [7, 11) is 0. The summed E-state index contributed by atoms with van der Waals surface area (Å²) in [5, 5.41) is 10.1. The van der Waals surface area contributed by atoms with Gasteiger partial charge >= 0.3 is 0 Å². The van der Waals surface area contributed by atoms with Crippen molar-refractivity contribution in [3.05, 3.63) is 206 Å². The first-order chi connectivity index (χ1) is 27.8. The fourth-order valence-electron chi connectivity index (χ4n) is 9.35. The van der Waals surface area contributed by atoms with Crippen molar-refractivity contribution < 1.29 is 0 Å². The van der Waals surface area contributed by atoms with Gasteiger partial charge in [-0.05, 0) is 126 Å². The van der Waals surface area contributed by atoms with E-state index in [-0.39, 0.29) is 0 Å². The summed E-state index contributed by atoms with van der Waals surface area (Å²) in [6.07, 6.45) is 0. The lowest BCUT2D eigenvalue weighted by Crippen LogP contribution is -2.10. The quantitative estimate of drug-likeness (QED) is 0.161. The maximum Gasteiger partial charge on any atom is 0.0561 e. The highest BCUT2D eigenvalue weighted by atomic mass is 15.1. The molecule has 0 fully saturated rings. The van der Waals surface area contributed by atoms with Crippen molar-refractivity contribution in [2.75, 3.05) is 4.90 Å². The third-order valence-corrected chi connectivity index (χ3v) is 11.8. The molecule has 0 saturated heterocycles. The van der Waals surface area contributed by atoms with E-state index in [1.165, 1.54) is 87.5 Å². The Hall–Kier alpha value is -7.42. The zero-order valence-corrected chi connectivity index (χ0v) is 30.5. The Labute approximate surface area is 324 Å². The van der Waals surface area contributed by atoms with Gasteiger partial charge in [-0.1, -0.05) is 146 Å². The first-order valence-corrected chi connectivity index (χ1v) is 19.3. The summed E-state index contributed by atoms with van der Waals surface area (Å²) in [5.74, 6) is 0. The van der Waals surface area contributed by atoms with Gasteiger partial charge in [-0.3, -0.25) is 0 Å². The number of para-hydroxylation sites is 2. The van der Waals surface area contributed by atoms with Gasteiger partial charge in [-0.15, -0.1) is 0 Å². The molecule has 56 heavy (non-hydrogen) atoms. The van der Waals surface area contributed by atoms with E-state index in [4.69, 9.17) is 0 Å². The van der Waals surface area contributed by atoms with Crippen LogP contribution in [0.5, 0.6) is 0 Å². The molecule has 10 aromatic carbocycles. The molecule has 0 unspecified atom stereocenters. The highest BCUT2D eigenvalue weighted by Gasteiger charge is 2.24. The molecule has 1 aliphatic carbocycles. The predicted octanol–water partition coefficient (Wildman–Crippen LogP) is 15.0. The van der Waals surface area contributed by atoms with Crippen molar-refractivity contribution in [1.29, 1.82) is 0 Å². The van der Waals surface area contributed by atoms with E-state index in [0.29, 0.717) is 0 Å². The summed E-state index contributed by atoms with van der Waals surface area (Å²) < 4.78 is 2.41. The zero-order chi connectivity index (χ0) is 36.7. The van der Waals surface area contributed by atoms with Crippen molar-refractivity contribution in [2.45, 2.75) is 0 Å². The molecule has 0 saturated carbocycles. The van der Waals surface area contributed by atoms with E-state index in [2.05, 4.69) is 216 Å². The number of hydrogen-bond acceptors (Lipinski definition) is 1. The Bertz CT molecular complexity index is 3370. The average molecular weight is 711 g/mol. The minimum Gasteiger partial charge on any atom is -0.310 e. The predicted molar refractivity (Wildman–Crippen MR) is 238 cm³/mol. The summed E-state index contributed by atoms with van der Waals surface area (Å²) in [6, 6.07) is 75.9. The van der Waals surface area contributed by atoms with Crippen molar-refractivity contribution >= 4 is 71.2 Å². The largest absolute Gasteiger partial charge is 0.310 e. The zero-order valence-electron chi connectivity index (χ0n) is 30.5. The summed E-state index contributed by atoms with van der Waals surface area (Å²) in [4.78, 5) is 2.45. The summed E-state index contributed by atoms with van der Waals surface area (Å²) >= 11 is 0. The molecule has 0 atom stereocenters. The molecule has 1 heterocycles. The number of hydrogen-bond donors (Lipinski definition) is 0. The van der Waals surface area contributed by atoms with Crippen molar-refractivity contribution in [1.82, 2.24) is 4.57 Å². The molecule has 0 amide bonds. The molecule has 2 heteroatoms. The van der Waals surface area contributed by atoms with Crippen molar-refractivity contribution in [3.8, 4) is 39.1 Å². The molecular weight excluding hydrogens is 677 g/mol. The summed E-state index contributed by atoms with van der Waals surface area (Å²) in [5.41, 5.74) is 14.4. The topological polar surface area (TPSA) is 8.17 Å². The van der Waals surface area contributed by atoms with Gasteiger partial charge in [-0.25, -0.2) is 0 Å². The lowest BCUT2D eigenvalue weighted by molar-refractivity contribution is 1.18. The molecule has 0 radical (unpaired) electrons. The first kappa shape index (κ1) is 31.0. The third-order valence-electron chi connectivity index (χ3n) is 11.8. The second-order valence-electron chi connectivity index (χ2n) is 14.9. The van der Waals surface area contributed by atoms with Gasteiger partial charge in [-0.2, -0.15) is 0 Å². The Morgan fingerprint density at radius 1 is 0.304 bits per heavy atom. The van der Waals surface area contributed by atoms with Gasteiger partial charge in [0.05, 0.1) is 11.0 Å². The van der Waals surface area contributed by atoms with Crippen LogP contribution in [0.4, 0.5) is 17.1 Å². The van der Waals surface area contributed by atoms with Crippen LogP contribution in [-0.4, -0.2) is 4.57 Å². The third kappa shape index (κ3) is 4.63. The first-order valence-electron chi connectivity index (χ1n) is 19.3. The molecule has 0 bridgehead atoms.